The summed E-state index contributed by atoms with van der Waals surface area (Å²) in [5, 5.41) is 9.31. The van der Waals surface area contributed by atoms with Crippen molar-refractivity contribution in [3.63, 3.8) is 0 Å². The lowest BCUT2D eigenvalue weighted by atomic mass is 9.95. The number of hydrogen-bond acceptors (Lipinski definition) is 5. The van der Waals surface area contributed by atoms with Crippen molar-refractivity contribution in [2.45, 2.75) is 45.2 Å². The number of nitrogens with two attached hydrogens (primary N) is 2. The zero-order chi connectivity index (χ0) is 16.7. The van der Waals surface area contributed by atoms with Crippen LogP contribution in [0.4, 0.5) is 0 Å². The van der Waals surface area contributed by atoms with Gasteiger partial charge in [-0.25, -0.2) is 4.79 Å². The predicted molar refractivity (Wildman–Crippen MR) is 85.3 cm³/mol. The van der Waals surface area contributed by atoms with Gasteiger partial charge in [-0.3, -0.25) is 9.69 Å². The number of aliphatic carboxylic acids is 1. The first-order valence-electron chi connectivity index (χ1n) is 8.15. The van der Waals surface area contributed by atoms with Crippen LogP contribution in [0, 0.1) is 5.92 Å². The molecule has 0 aromatic rings. The van der Waals surface area contributed by atoms with Gasteiger partial charge in [-0.2, -0.15) is 0 Å². The van der Waals surface area contributed by atoms with Gasteiger partial charge in [0.25, 0.3) is 0 Å². The summed E-state index contributed by atoms with van der Waals surface area (Å²) in [6.45, 7) is 6.64. The highest BCUT2D eigenvalue weighted by Crippen LogP contribution is 2.24. The maximum atomic E-state index is 13.0. The Bertz CT molecular complexity index is 372. The van der Waals surface area contributed by atoms with E-state index in [1.54, 1.807) is 0 Å². The summed E-state index contributed by atoms with van der Waals surface area (Å²) >= 11 is 0. The molecule has 5 N–H and O–H groups in total. The van der Waals surface area contributed by atoms with Gasteiger partial charge in [0.2, 0.25) is 5.91 Å². The minimum Gasteiger partial charge on any atom is -0.480 e. The van der Waals surface area contributed by atoms with Gasteiger partial charge in [-0.15, -0.1) is 0 Å². The van der Waals surface area contributed by atoms with Gasteiger partial charge in [0, 0.05) is 32.7 Å². The molecular formula is C15H30N4O3. The Morgan fingerprint density at radius 3 is 2.36 bits per heavy atom. The molecule has 1 heterocycles. The van der Waals surface area contributed by atoms with Crippen molar-refractivity contribution in [2.24, 2.45) is 17.4 Å². The van der Waals surface area contributed by atoms with Gasteiger partial charge in [0.15, 0.2) is 0 Å². The average Bonchev–Trinajstić information content (AvgIpc) is 2.97. The van der Waals surface area contributed by atoms with Crippen LogP contribution in [0.5, 0.6) is 0 Å². The summed E-state index contributed by atoms with van der Waals surface area (Å²) in [6.07, 6.45) is 2.11. The highest BCUT2D eigenvalue weighted by molar-refractivity contribution is 5.87. The van der Waals surface area contributed by atoms with E-state index in [9.17, 15) is 14.7 Å². The Morgan fingerprint density at radius 1 is 1.32 bits per heavy atom. The normalized spacial score (nSPS) is 21.1. The van der Waals surface area contributed by atoms with E-state index in [1.807, 2.05) is 18.7 Å². The molecule has 128 valence electrons. The molecule has 0 saturated carbocycles. The molecule has 0 spiro atoms. The van der Waals surface area contributed by atoms with Crippen LogP contribution >= 0.6 is 0 Å². The van der Waals surface area contributed by atoms with Gasteiger partial charge >= 0.3 is 5.97 Å². The second-order valence-corrected chi connectivity index (χ2v) is 5.97. The molecule has 7 nitrogen and oxygen atoms in total. The minimum absolute atomic E-state index is 0.0962. The largest absolute Gasteiger partial charge is 0.480 e. The van der Waals surface area contributed by atoms with Gasteiger partial charge in [-0.1, -0.05) is 20.3 Å². The van der Waals surface area contributed by atoms with Gasteiger partial charge < -0.3 is 21.5 Å². The Kier molecular flexibility index (Phi) is 7.78. The zero-order valence-electron chi connectivity index (χ0n) is 13.7. The molecule has 1 amide bonds. The van der Waals surface area contributed by atoms with E-state index in [0.29, 0.717) is 39.1 Å². The number of carboxylic acids is 1. The molecular weight excluding hydrogens is 284 g/mol. The van der Waals surface area contributed by atoms with Crippen molar-refractivity contribution in [1.29, 1.82) is 0 Å². The lowest BCUT2D eigenvalue weighted by molar-refractivity contribution is -0.151. The molecule has 7 heteroatoms. The first-order valence-corrected chi connectivity index (χ1v) is 8.15. The number of carbonyl (C=O) groups excluding carboxylic acids is 1. The van der Waals surface area contributed by atoms with Crippen LogP contribution in [0.2, 0.25) is 0 Å². The van der Waals surface area contributed by atoms with E-state index < -0.39 is 12.0 Å². The summed E-state index contributed by atoms with van der Waals surface area (Å²) < 4.78 is 0. The fraction of sp³-hybridized carbons (Fsp3) is 0.867. The Morgan fingerprint density at radius 2 is 1.91 bits per heavy atom. The van der Waals surface area contributed by atoms with E-state index in [-0.39, 0.29) is 17.9 Å². The van der Waals surface area contributed by atoms with Crippen LogP contribution in [0.3, 0.4) is 0 Å². The van der Waals surface area contributed by atoms with Gasteiger partial charge in [0.05, 0.1) is 6.04 Å². The Balaban J connectivity index is 2.99. The molecule has 1 aliphatic heterocycles. The Hall–Kier alpha value is -1.18. The summed E-state index contributed by atoms with van der Waals surface area (Å²) in [5.74, 6) is -0.889. The number of likely N-dealkylation sites (tertiary alicyclic amines) is 1. The third-order valence-corrected chi connectivity index (χ3v) is 4.48. The zero-order valence-corrected chi connectivity index (χ0v) is 13.7. The number of amides is 1. The number of rotatable bonds is 9. The van der Waals surface area contributed by atoms with Gasteiger partial charge in [0.1, 0.15) is 6.04 Å². The van der Waals surface area contributed by atoms with Crippen molar-refractivity contribution in [3.8, 4) is 0 Å². The first-order chi connectivity index (χ1) is 10.5. The number of carbonyl (C=O) groups is 2. The summed E-state index contributed by atoms with van der Waals surface area (Å²) in [6, 6.07) is -1.05. The quantitative estimate of drug-likeness (QED) is 0.538. The summed E-state index contributed by atoms with van der Waals surface area (Å²) in [5.41, 5.74) is 11.3. The first kappa shape index (κ1) is 18.9. The molecule has 0 unspecified atom stereocenters. The predicted octanol–water partition coefficient (Wildman–Crippen LogP) is -0.304. The smallest absolute Gasteiger partial charge is 0.326 e. The molecule has 0 radical (unpaired) electrons. The van der Waals surface area contributed by atoms with E-state index in [0.717, 1.165) is 12.8 Å². The number of carboxylic acid groups (broad SMARTS) is 1. The molecule has 0 aromatic heterocycles. The molecule has 1 rings (SSSR count). The van der Waals surface area contributed by atoms with Crippen molar-refractivity contribution >= 4 is 11.9 Å². The molecule has 0 aliphatic carbocycles. The topological polar surface area (TPSA) is 113 Å². The van der Waals surface area contributed by atoms with Crippen LogP contribution in [-0.4, -0.2) is 71.6 Å². The van der Waals surface area contributed by atoms with E-state index in [1.165, 1.54) is 4.90 Å². The van der Waals surface area contributed by atoms with E-state index >= 15 is 0 Å². The third-order valence-electron chi connectivity index (χ3n) is 4.48. The van der Waals surface area contributed by atoms with Crippen LogP contribution in [0.15, 0.2) is 0 Å². The maximum absolute atomic E-state index is 13.0. The lowest BCUT2D eigenvalue weighted by Crippen LogP contribution is -2.56. The van der Waals surface area contributed by atoms with Crippen molar-refractivity contribution in [3.05, 3.63) is 0 Å². The maximum Gasteiger partial charge on any atom is 0.326 e. The molecule has 1 fully saturated rings. The van der Waals surface area contributed by atoms with E-state index in [4.69, 9.17) is 11.5 Å². The minimum atomic E-state index is -0.919. The summed E-state index contributed by atoms with van der Waals surface area (Å²) in [7, 11) is 0. The second-order valence-electron chi connectivity index (χ2n) is 5.97. The average molecular weight is 314 g/mol. The van der Waals surface area contributed by atoms with Crippen molar-refractivity contribution < 1.29 is 14.7 Å². The number of hydrogen-bond donors (Lipinski definition) is 3. The van der Waals surface area contributed by atoms with Crippen LogP contribution in [0.25, 0.3) is 0 Å². The third kappa shape index (κ3) is 4.41. The molecule has 1 aliphatic rings. The fourth-order valence-corrected chi connectivity index (χ4v) is 3.16. The van der Waals surface area contributed by atoms with Crippen LogP contribution in [0.1, 0.15) is 33.1 Å². The van der Waals surface area contributed by atoms with Crippen molar-refractivity contribution in [1.82, 2.24) is 9.80 Å². The number of nitrogens with zero attached hydrogens (tertiary/aromatic N) is 2. The Labute approximate surface area is 132 Å². The standard InChI is InChI=1S/C15H30N4O3/c1-3-11(2)13(18(9-6-16)10-7-17)14(20)19-8-4-5-12(19)15(21)22/h11-13H,3-10,16-17H2,1-2H3,(H,21,22)/t11-,12-,13-/m0/s1. The van der Waals surface area contributed by atoms with E-state index in [2.05, 4.69) is 0 Å². The second kappa shape index (κ2) is 9.07. The SMILES string of the molecule is CC[C@H](C)[C@@H](C(=O)N1CCC[C@H]1C(=O)O)N(CCN)CCN. The molecule has 22 heavy (non-hydrogen) atoms. The van der Waals surface area contributed by atoms with Gasteiger partial charge in [-0.05, 0) is 18.8 Å². The molecule has 3 atom stereocenters. The van der Waals surface area contributed by atoms with Crippen molar-refractivity contribution in [2.75, 3.05) is 32.7 Å². The highest BCUT2D eigenvalue weighted by Gasteiger charge is 2.40. The molecule has 0 aromatic carbocycles. The van der Waals surface area contributed by atoms with Crippen LogP contribution < -0.4 is 11.5 Å². The van der Waals surface area contributed by atoms with Crippen LogP contribution in [-0.2, 0) is 9.59 Å². The molecule has 1 saturated heterocycles. The summed E-state index contributed by atoms with van der Waals surface area (Å²) in [4.78, 5) is 27.9. The monoisotopic (exact) mass is 314 g/mol. The highest BCUT2D eigenvalue weighted by atomic mass is 16.4. The lowest BCUT2D eigenvalue weighted by Gasteiger charge is -2.37. The molecule has 0 bridgehead atoms. The fourth-order valence-electron chi connectivity index (χ4n) is 3.16.